The molecule has 0 spiro atoms. The lowest BCUT2D eigenvalue weighted by Crippen LogP contribution is -2.51. The molecule has 1 nitrogen and oxygen atoms in total. The van der Waals surface area contributed by atoms with Gasteiger partial charge in [0.1, 0.15) is 0 Å². The van der Waals surface area contributed by atoms with E-state index >= 15 is 43.9 Å². The average molecular weight is 725 g/mol. The van der Waals surface area contributed by atoms with Gasteiger partial charge in [0.05, 0.1) is 16.2 Å². The lowest BCUT2D eigenvalue weighted by atomic mass is 9.86. The highest BCUT2D eigenvalue weighted by molar-refractivity contribution is 6.78. The molecule has 0 aromatic heterocycles. The summed E-state index contributed by atoms with van der Waals surface area (Å²) >= 11 is 0. The number of hydrogen-bond acceptors (Lipinski definition) is 1. The van der Waals surface area contributed by atoms with E-state index in [1.165, 1.54) is 30.3 Å². The van der Waals surface area contributed by atoms with Gasteiger partial charge in [-0.2, -0.15) is 0 Å². The number of hydrogen-bond donors (Lipinski definition) is 0. The van der Waals surface area contributed by atoms with Crippen molar-refractivity contribution in [1.29, 1.82) is 0 Å². The molecular formula is C37H27F11OSi. The molecule has 0 aliphatic carbocycles. The van der Waals surface area contributed by atoms with Gasteiger partial charge in [0.25, 0.3) is 8.32 Å². The zero-order chi connectivity index (χ0) is 36.9. The summed E-state index contributed by atoms with van der Waals surface area (Å²) in [7, 11) is -3.33. The first kappa shape index (κ1) is 35.4. The van der Waals surface area contributed by atoms with Crippen molar-refractivity contribution in [3.63, 3.8) is 0 Å². The van der Waals surface area contributed by atoms with Crippen LogP contribution in [0.15, 0.2) is 36.4 Å². The molecule has 0 N–H and O–H groups in total. The molecule has 6 aromatic rings. The van der Waals surface area contributed by atoms with Crippen LogP contribution in [0.25, 0.3) is 54.6 Å². The van der Waals surface area contributed by atoms with Crippen molar-refractivity contribution in [1.82, 2.24) is 0 Å². The van der Waals surface area contributed by atoms with Gasteiger partial charge in [-0.1, -0.05) is 71.9 Å². The predicted molar refractivity (Wildman–Crippen MR) is 172 cm³/mol. The Morgan fingerprint density at radius 2 is 0.820 bits per heavy atom. The third kappa shape index (κ3) is 4.64. The molecule has 0 bridgehead atoms. The van der Waals surface area contributed by atoms with Gasteiger partial charge >= 0.3 is 0 Å². The Hall–Kier alpha value is -4.39. The Morgan fingerprint density at radius 1 is 0.420 bits per heavy atom. The smallest absolute Gasteiger partial charge is 0.259 e. The SMILES string of the molecule is CC(C)[Si](Oc1c(F)c2c(F)c(F)c3c(F)c(F)c(-c4cc(-c5ccccc5)c(F)c(F)c4F)c4c(F)c(F)c(c1F)c2c34)(C(C)C)C(C)C. The van der Waals surface area contributed by atoms with E-state index in [4.69, 9.17) is 4.43 Å². The van der Waals surface area contributed by atoms with Crippen LogP contribution in [0.3, 0.4) is 0 Å². The van der Waals surface area contributed by atoms with Gasteiger partial charge in [-0.15, -0.1) is 0 Å². The zero-order valence-corrected chi connectivity index (χ0v) is 28.3. The van der Waals surface area contributed by atoms with Crippen LogP contribution < -0.4 is 4.43 Å². The number of rotatable bonds is 7. The molecule has 50 heavy (non-hydrogen) atoms. The molecular weight excluding hydrogens is 697 g/mol. The predicted octanol–water partition coefficient (Wildman–Crippen LogP) is 13.0. The van der Waals surface area contributed by atoms with E-state index in [1.807, 2.05) is 0 Å². The van der Waals surface area contributed by atoms with Gasteiger partial charge in [-0.25, -0.2) is 48.3 Å². The van der Waals surface area contributed by atoms with Gasteiger partial charge in [0.2, 0.25) is 0 Å². The molecule has 6 rings (SSSR count). The Kier molecular flexibility index (Phi) is 8.60. The van der Waals surface area contributed by atoms with Crippen LogP contribution in [0, 0.1) is 64.0 Å². The van der Waals surface area contributed by atoms with Gasteiger partial charge in [-0.3, -0.25) is 0 Å². The topological polar surface area (TPSA) is 9.23 Å². The van der Waals surface area contributed by atoms with E-state index < -0.39 is 127 Å². The van der Waals surface area contributed by atoms with Gasteiger partial charge in [0.15, 0.2) is 69.7 Å². The maximum Gasteiger partial charge on any atom is 0.259 e. The monoisotopic (exact) mass is 724 g/mol. The van der Waals surface area contributed by atoms with Crippen molar-refractivity contribution in [2.45, 2.75) is 58.2 Å². The van der Waals surface area contributed by atoms with Crippen LogP contribution in [-0.4, -0.2) is 8.32 Å². The van der Waals surface area contributed by atoms with Crippen molar-refractivity contribution < 1.29 is 52.7 Å². The zero-order valence-electron chi connectivity index (χ0n) is 27.3. The van der Waals surface area contributed by atoms with Crippen LogP contribution in [0.2, 0.25) is 16.6 Å². The quantitative estimate of drug-likeness (QED) is 0.0689. The second-order valence-electron chi connectivity index (χ2n) is 13.2. The summed E-state index contributed by atoms with van der Waals surface area (Å²) in [4.78, 5) is 0. The number of halogens is 11. The van der Waals surface area contributed by atoms with Crippen molar-refractivity contribution >= 4 is 40.6 Å². The van der Waals surface area contributed by atoms with E-state index in [9.17, 15) is 4.39 Å². The maximum absolute atomic E-state index is 16.5. The summed E-state index contributed by atoms with van der Waals surface area (Å²) in [5, 5.41) is -8.64. The minimum Gasteiger partial charge on any atom is -0.539 e. The molecule has 0 amide bonds. The molecule has 0 atom stereocenters. The molecule has 0 saturated carbocycles. The fraction of sp³-hybridized carbons (Fsp3) is 0.243. The third-order valence-corrected chi connectivity index (χ3v) is 15.7. The van der Waals surface area contributed by atoms with Crippen molar-refractivity contribution in [3.05, 3.63) is 100 Å². The van der Waals surface area contributed by atoms with Gasteiger partial charge in [-0.05, 0) is 28.3 Å². The maximum atomic E-state index is 16.5. The van der Waals surface area contributed by atoms with Gasteiger partial charge in [0, 0.05) is 32.8 Å². The van der Waals surface area contributed by atoms with Crippen LogP contribution in [0.4, 0.5) is 48.3 Å². The Bertz CT molecular complexity index is 2310. The van der Waals surface area contributed by atoms with Crippen molar-refractivity contribution in [2.24, 2.45) is 0 Å². The fourth-order valence-electron chi connectivity index (χ4n) is 7.62. The fourth-order valence-corrected chi connectivity index (χ4v) is 12.9. The largest absolute Gasteiger partial charge is 0.539 e. The summed E-state index contributed by atoms with van der Waals surface area (Å²) in [6.45, 7) is 10.4. The van der Waals surface area contributed by atoms with Crippen LogP contribution in [0.5, 0.6) is 5.75 Å². The van der Waals surface area contributed by atoms with Crippen molar-refractivity contribution in [3.8, 4) is 28.0 Å². The van der Waals surface area contributed by atoms with E-state index in [0.717, 1.165) is 0 Å². The lowest BCUT2D eigenvalue weighted by molar-refractivity contribution is 0.417. The van der Waals surface area contributed by atoms with E-state index in [1.54, 1.807) is 41.5 Å². The minimum atomic E-state index is -3.33. The first-order chi connectivity index (χ1) is 23.4. The molecule has 0 aliphatic heterocycles. The van der Waals surface area contributed by atoms with Crippen LogP contribution >= 0.6 is 0 Å². The van der Waals surface area contributed by atoms with Crippen LogP contribution in [-0.2, 0) is 0 Å². The van der Waals surface area contributed by atoms with Gasteiger partial charge < -0.3 is 4.43 Å². The summed E-state index contributed by atoms with van der Waals surface area (Å²) in [5.41, 5.74) is -4.76. The van der Waals surface area contributed by atoms with E-state index in [-0.39, 0.29) is 22.2 Å². The summed E-state index contributed by atoms with van der Waals surface area (Å²) in [6.07, 6.45) is 0. The second-order valence-corrected chi connectivity index (χ2v) is 18.5. The minimum absolute atomic E-state index is 0.0935. The molecule has 0 radical (unpaired) electrons. The summed E-state index contributed by atoms with van der Waals surface area (Å²) < 4.78 is 181. The summed E-state index contributed by atoms with van der Waals surface area (Å²) in [5.74, 6) is -24.7. The standard InChI is InChI=1S/C37H27F11OSi/c1-13(2)50(14(3)4,15(5)6)49-37-34(46)24-21-20-22(29(41)32(24)44)19(28(40)30(42)23(20)31(43)33(45)25(21)35(37)47)18-12-17(16-10-8-7-9-11-16)26(38)36(48)27(18)39/h7-15H,1-6H3. The molecule has 0 saturated heterocycles. The molecule has 0 fully saturated rings. The van der Waals surface area contributed by atoms with E-state index in [2.05, 4.69) is 0 Å². The highest BCUT2D eigenvalue weighted by Gasteiger charge is 2.49. The molecule has 6 aromatic carbocycles. The third-order valence-electron chi connectivity index (χ3n) is 9.72. The molecule has 0 unspecified atom stereocenters. The molecule has 0 aliphatic rings. The first-order valence-corrected chi connectivity index (χ1v) is 17.7. The highest BCUT2D eigenvalue weighted by Crippen LogP contribution is 2.52. The molecule has 13 heteroatoms. The Morgan fingerprint density at radius 3 is 1.30 bits per heavy atom. The average Bonchev–Trinajstić information content (AvgIpc) is 3.06. The second kappa shape index (κ2) is 12.1. The molecule has 0 heterocycles. The Labute approximate surface area is 279 Å². The van der Waals surface area contributed by atoms with Crippen LogP contribution in [0.1, 0.15) is 41.5 Å². The number of benzene rings is 6. The highest BCUT2D eigenvalue weighted by atomic mass is 28.4. The van der Waals surface area contributed by atoms with Crippen molar-refractivity contribution in [2.75, 3.05) is 0 Å². The first-order valence-electron chi connectivity index (χ1n) is 15.6. The summed E-state index contributed by atoms with van der Waals surface area (Å²) in [6, 6.07) is 7.26. The van der Waals surface area contributed by atoms with E-state index in [0.29, 0.717) is 6.07 Å². The Balaban J connectivity index is 1.84. The normalized spacial score (nSPS) is 12.6. The molecule has 262 valence electrons. The lowest BCUT2D eigenvalue weighted by Gasteiger charge is -2.42.